The number of benzene rings is 3. The van der Waals surface area contributed by atoms with Gasteiger partial charge in [-0.3, -0.25) is 0 Å². The molecular weight excluding hydrogens is 477 g/mol. The van der Waals surface area contributed by atoms with E-state index < -0.39 is 0 Å². The third kappa shape index (κ3) is 6.42. The Hall–Kier alpha value is -2.24. The highest BCUT2D eigenvalue weighted by Gasteiger charge is 2.25. The molecule has 4 rings (SSSR count). The van der Waals surface area contributed by atoms with Gasteiger partial charge in [0.25, 0.3) is 0 Å². The zero-order valence-electron chi connectivity index (χ0n) is 18.1. The van der Waals surface area contributed by atoms with E-state index in [1.807, 2.05) is 18.2 Å². The molecule has 33 heavy (non-hydrogen) atoms. The van der Waals surface area contributed by atoms with E-state index in [9.17, 15) is 4.79 Å². The van der Waals surface area contributed by atoms with Crippen molar-refractivity contribution in [2.24, 2.45) is 5.92 Å². The Kier molecular flexibility index (Phi) is 8.15. The van der Waals surface area contributed by atoms with Crippen molar-refractivity contribution in [3.8, 4) is 11.1 Å². The molecule has 0 radical (unpaired) electrons. The molecule has 0 bridgehead atoms. The molecule has 3 aromatic carbocycles. The van der Waals surface area contributed by atoms with Crippen LogP contribution in [-0.4, -0.2) is 25.7 Å². The van der Waals surface area contributed by atoms with Crippen molar-refractivity contribution >= 4 is 46.5 Å². The predicted octanol–water partition coefficient (Wildman–Crippen LogP) is 7.22. The molecule has 1 aliphatic heterocycles. The first kappa shape index (κ1) is 23.9. The smallest absolute Gasteiger partial charge is 0.319 e. The number of hydrogen-bond acceptors (Lipinski definition) is 2. The first-order valence-electron chi connectivity index (χ1n) is 11.1. The van der Waals surface area contributed by atoms with E-state index in [1.165, 1.54) is 5.56 Å². The maximum absolute atomic E-state index is 12.6. The fraction of sp³-hybridized carbons (Fsp3) is 0.269. The molecule has 1 aliphatic rings. The van der Waals surface area contributed by atoms with Gasteiger partial charge >= 0.3 is 6.03 Å². The minimum atomic E-state index is -0.261. The molecule has 1 atom stereocenters. The maximum atomic E-state index is 12.6. The number of anilines is 1. The second kappa shape index (κ2) is 11.3. The Balaban J connectivity index is 1.46. The van der Waals surface area contributed by atoms with E-state index in [-0.39, 0.29) is 11.9 Å². The van der Waals surface area contributed by atoms with Crippen LogP contribution < -0.4 is 16.0 Å². The summed E-state index contributed by atoms with van der Waals surface area (Å²) in [6, 6.07) is 21.2. The van der Waals surface area contributed by atoms with Gasteiger partial charge in [0.15, 0.2) is 0 Å². The van der Waals surface area contributed by atoms with Crippen molar-refractivity contribution in [2.75, 3.05) is 25.0 Å². The number of urea groups is 1. The number of hydrogen-bond donors (Lipinski definition) is 3. The normalized spacial score (nSPS) is 15.1. The molecule has 7 heteroatoms. The van der Waals surface area contributed by atoms with Crippen molar-refractivity contribution in [1.82, 2.24) is 10.6 Å². The van der Waals surface area contributed by atoms with Crippen LogP contribution in [0.1, 0.15) is 24.3 Å². The topological polar surface area (TPSA) is 53.2 Å². The van der Waals surface area contributed by atoms with E-state index >= 15 is 0 Å². The number of amides is 2. The van der Waals surface area contributed by atoms with Gasteiger partial charge in [0.2, 0.25) is 0 Å². The van der Waals surface area contributed by atoms with Crippen LogP contribution in [0.4, 0.5) is 10.5 Å². The van der Waals surface area contributed by atoms with Gasteiger partial charge in [0, 0.05) is 23.2 Å². The zero-order valence-corrected chi connectivity index (χ0v) is 20.4. The maximum Gasteiger partial charge on any atom is 0.319 e. The summed E-state index contributed by atoms with van der Waals surface area (Å²) in [5.41, 5.74) is 4.04. The highest BCUT2D eigenvalue weighted by atomic mass is 35.5. The second-order valence-electron chi connectivity index (χ2n) is 8.29. The summed E-state index contributed by atoms with van der Waals surface area (Å²) >= 11 is 18.2. The average Bonchev–Trinajstić information content (AvgIpc) is 2.83. The van der Waals surface area contributed by atoms with Crippen molar-refractivity contribution in [2.45, 2.75) is 18.8 Å². The van der Waals surface area contributed by atoms with Crippen molar-refractivity contribution in [3.63, 3.8) is 0 Å². The van der Waals surface area contributed by atoms with Crippen molar-refractivity contribution < 1.29 is 4.79 Å². The van der Waals surface area contributed by atoms with Crippen LogP contribution in [0.2, 0.25) is 15.1 Å². The minimum absolute atomic E-state index is 0.222. The van der Waals surface area contributed by atoms with Gasteiger partial charge in [-0.05, 0) is 78.9 Å². The lowest BCUT2D eigenvalue weighted by Crippen LogP contribution is -2.38. The van der Waals surface area contributed by atoms with Gasteiger partial charge in [0.1, 0.15) is 0 Å². The molecule has 4 nitrogen and oxygen atoms in total. The summed E-state index contributed by atoms with van der Waals surface area (Å²) in [5, 5.41) is 10.9. The van der Waals surface area contributed by atoms with E-state index in [2.05, 4.69) is 46.3 Å². The lowest BCUT2D eigenvalue weighted by molar-refractivity contribution is 0.247. The van der Waals surface area contributed by atoms with E-state index in [1.54, 1.807) is 18.2 Å². The molecule has 3 aromatic rings. The Morgan fingerprint density at radius 1 is 0.909 bits per heavy atom. The van der Waals surface area contributed by atoms with E-state index in [0.717, 1.165) is 42.1 Å². The monoisotopic (exact) mass is 501 g/mol. The van der Waals surface area contributed by atoms with Gasteiger partial charge in [-0.25, -0.2) is 4.79 Å². The number of rotatable bonds is 6. The Morgan fingerprint density at radius 3 is 2.36 bits per heavy atom. The molecule has 1 saturated heterocycles. The third-order valence-electron chi connectivity index (χ3n) is 6.11. The predicted molar refractivity (Wildman–Crippen MR) is 139 cm³/mol. The number of piperidine rings is 1. The minimum Gasteiger partial charge on any atom is -0.337 e. The summed E-state index contributed by atoms with van der Waals surface area (Å²) < 4.78 is 0. The van der Waals surface area contributed by atoms with Crippen LogP contribution in [0.25, 0.3) is 11.1 Å². The van der Waals surface area contributed by atoms with Crippen molar-refractivity contribution in [3.05, 3.63) is 87.4 Å². The molecule has 1 fully saturated rings. The fourth-order valence-corrected chi connectivity index (χ4v) is 4.83. The zero-order chi connectivity index (χ0) is 23.2. The van der Waals surface area contributed by atoms with Crippen LogP contribution in [0.15, 0.2) is 66.7 Å². The quantitative estimate of drug-likeness (QED) is 0.333. The summed E-state index contributed by atoms with van der Waals surface area (Å²) in [4.78, 5) is 12.6. The van der Waals surface area contributed by atoms with Crippen LogP contribution >= 0.6 is 34.8 Å². The third-order valence-corrected chi connectivity index (χ3v) is 7.08. The van der Waals surface area contributed by atoms with Gasteiger partial charge in [-0.1, -0.05) is 71.2 Å². The Morgan fingerprint density at radius 2 is 1.67 bits per heavy atom. The molecule has 0 saturated carbocycles. The summed E-state index contributed by atoms with van der Waals surface area (Å²) in [6.07, 6.45) is 2.16. The lowest BCUT2D eigenvalue weighted by atomic mass is 9.80. The Bertz CT molecular complexity index is 1100. The first-order valence-corrected chi connectivity index (χ1v) is 12.2. The molecule has 172 valence electrons. The molecule has 3 N–H and O–H groups in total. The first-order chi connectivity index (χ1) is 16.0. The average molecular weight is 503 g/mol. The number of carbonyl (C=O) groups excluding carboxylic acids is 1. The largest absolute Gasteiger partial charge is 0.337 e. The summed E-state index contributed by atoms with van der Waals surface area (Å²) in [7, 11) is 0. The number of carbonyl (C=O) groups is 1. The standard InChI is InChI=1S/C26H26Cl3N3O/c27-21-3-1-2-20(14-21)17-4-6-18(7-5-17)23(19-10-12-30-13-11-19)16-31-26(33)32-22-8-9-24(28)25(29)15-22/h1-9,14-15,19,23,30H,10-13,16H2,(H2,31,32,33). The highest BCUT2D eigenvalue weighted by molar-refractivity contribution is 6.42. The highest BCUT2D eigenvalue weighted by Crippen LogP contribution is 2.32. The van der Waals surface area contributed by atoms with Crippen LogP contribution in [-0.2, 0) is 0 Å². The molecule has 0 spiro atoms. The molecule has 0 aromatic heterocycles. The van der Waals surface area contributed by atoms with E-state index in [4.69, 9.17) is 34.8 Å². The Labute approximate surface area is 209 Å². The van der Waals surface area contributed by atoms with Crippen LogP contribution in [0.3, 0.4) is 0 Å². The summed E-state index contributed by atoms with van der Waals surface area (Å²) in [6.45, 7) is 2.54. The fourth-order valence-electron chi connectivity index (χ4n) is 4.35. The van der Waals surface area contributed by atoms with Crippen molar-refractivity contribution in [1.29, 1.82) is 0 Å². The second-order valence-corrected chi connectivity index (χ2v) is 9.54. The molecular formula is C26H26Cl3N3O. The van der Waals surface area contributed by atoms with Gasteiger partial charge in [-0.2, -0.15) is 0 Å². The van der Waals surface area contributed by atoms with Gasteiger partial charge in [0.05, 0.1) is 10.0 Å². The van der Waals surface area contributed by atoms with Crippen LogP contribution in [0.5, 0.6) is 0 Å². The van der Waals surface area contributed by atoms with Gasteiger partial charge < -0.3 is 16.0 Å². The SMILES string of the molecule is O=C(NCC(c1ccc(-c2cccc(Cl)c2)cc1)C1CCNCC1)Nc1ccc(Cl)c(Cl)c1. The summed E-state index contributed by atoms with van der Waals surface area (Å²) in [5.74, 6) is 0.716. The lowest BCUT2D eigenvalue weighted by Gasteiger charge is -2.31. The van der Waals surface area contributed by atoms with Crippen LogP contribution in [0, 0.1) is 5.92 Å². The molecule has 2 amide bonds. The molecule has 0 aliphatic carbocycles. The van der Waals surface area contributed by atoms with Gasteiger partial charge in [-0.15, -0.1) is 0 Å². The molecule has 1 unspecified atom stereocenters. The van der Waals surface area contributed by atoms with E-state index in [0.29, 0.717) is 28.2 Å². The molecule has 1 heterocycles. The number of nitrogens with one attached hydrogen (secondary N) is 3. The number of halogens is 3.